The number of amides is 1. The molecule has 0 aromatic carbocycles. The summed E-state index contributed by atoms with van der Waals surface area (Å²) in [6, 6.07) is 1.23. The molecule has 0 unspecified atom stereocenters. The van der Waals surface area contributed by atoms with E-state index in [4.69, 9.17) is 0 Å². The summed E-state index contributed by atoms with van der Waals surface area (Å²) in [6.45, 7) is 0. The van der Waals surface area contributed by atoms with E-state index in [1.807, 2.05) is 0 Å². The Hall–Kier alpha value is -0.950. The number of carbonyl (C=O) groups excluding carboxylic acids is 1. The maximum Gasteiger partial charge on any atom is 0.341 e. The van der Waals surface area contributed by atoms with E-state index < -0.39 is 14.4 Å². The number of thiophene rings is 1. The minimum atomic E-state index is -4.70. The lowest BCUT2D eigenvalue weighted by Crippen LogP contribution is -2.32. The first-order valence-electron chi connectivity index (χ1n) is 5.31. The molecule has 1 aromatic rings. The van der Waals surface area contributed by atoms with Gasteiger partial charge in [0, 0.05) is 11.4 Å². The molecule has 1 heterocycles. The Morgan fingerprint density at radius 1 is 1.41 bits per heavy atom. The molecule has 0 aliphatic heterocycles. The van der Waals surface area contributed by atoms with E-state index in [1.165, 1.54) is 5.38 Å². The number of nitrogens with one attached hydrogen (secondary N) is 1. The van der Waals surface area contributed by atoms with Crippen molar-refractivity contribution in [3.8, 4) is 0 Å². The Bertz CT molecular complexity index is 517. The molecule has 1 N–H and O–H groups in total. The molecule has 1 aliphatic rings. The summed E-state index contributed by atoms with van der Waals surface area (Å²) in [5, 5.41) is 4.17. The normalized spacial score (nSPS) is 17.2. The van der Waals surface area contributed by atoms with Gasteiger partial charge in [0.1, 0.15) is 0 Å². The van der Waals surface area contributed by atoms with Crippen LogP contribution in [0.3, 0.4) is 0 Å². The van der Waals surface area contributed by atoms with Crippen LogP contribution in [0.5, 0.6) is 0 Å². The molecule has 1 aliphatic carbocycles. The predicted octanol–water partition coefficient (Wildman–Crippen LogP) is 2.08. The summed E-state index contributed by atoms with van der Waals surface area (Å²) in [7, 11) is -4.70. The lowest BCUT2D eigenvalue weighted by molar-refractivity contribution is 0.0938. The highest BCUT2D eigenvalue weighted by atomic mass is 32.3. The second-order valence-electron chi connectivity index (χ2n) is 4.05. The Morgan fingerprint density at radius 3 is 2.59 bits per heavy atom. The molecule has 1 saturated carbocycles. The third kappa shape index (κ3) is 3.04. The number of halogens is 1. The summed E-state index contributed by atoms with van der Waals surface area (Å²) in [6.07, 6.45) is 4.09. The lowest BCUT2D eigenvalue weighted by Gasteiger charge is -2.10. The van der Waals surface area contributed by atoms with Gasteiger partial charge in [0.25, 0.3) is 5.91 Å². The summed E-state index contributed by atoms with van der Waals surface area (Å²) in [5.74, 6) is -0.331. The maximum absolute atomic E-state index is 12.7. The molecule has 0 bridgehead atoms. The Balaban J connectivity index is 2.07. The maximum atomic E-state index is 12.7. The van der Waals surface area contributed by atoms with Crippen LogP contribution in [0.25, 0.3) is 0 Å². The molecular weight excluding hydrogens is 265 g/mol. The van der Waals surface area contributed by atoms with Gasteiger partial charge in [-0.25, -0.2) is 0 Å². The molecule has 1 amide bonds. The Labute approximate surface area is 103 Å². The van der Waals surface area contributed by atoms with Crippen LogP contribution in [0.2, 0.25) is 0 Å². The number of hydrogen-bond acceptors (Lipinski definition) is 4. The molecular formula is C10H12FNO3S2. The highest BCUT2D eigenvalue weighted by Crippen LogP contribution is 2.23. The SMILES string of the molecule is O=C(NC1CCCC1)c1csc(S(=O)(=O)F)c1. The van der Waals surface area contributed by atoms with Gasteiger partial charge in [-0.1, -0.05) is 16.7 Å². The van der Waals surface area contributed by atoms with E-state index >= 15 is 0 Å². The van der Waals surface area contributed by atoms with Gasteiger partial charge in [0.2, 0.25) is 0 Å². The van der Waals surface area contributed by atoms with E-state index in [2.05, 4.69) is 5.32 Å². The number of hydrogen-bond donors (Lipinski definition) is 1. The van der Waals surface area contributed by atoms with Crippen LogP contribution in [0.15, 0.2) is 15.7 Å². The zero-order valence-electron chi connectivity index (χ0n) is 8.98. The van der Waals surface area contributed by atoms with Crippen LogP contribution < -0.4 is 5.32 Å². The Morgan fingerprint density at radius 2 is 2.06 bits per heavy atom. The fraction of sp³-hybridized carbons (Fsp3) is 0.500. The van der Waals surface area contributed by atoms with Crippen LogP contribution in [-0.4, -0.2) is 20.4 Å². The van der Waals surface area contributed by atoms with Gasteiger partial charge < -0.3 is 5.32 Å². The molecule has 0 radical (unpaired) electrons. The smallest absolute Gasteiger partial charge is 0.341 e. The molecule has 17 heavy (non-hydrogen) atoms. The van der Waals surface area contributed by atoms with Crippen molar-refractivity contribution in [1.29, 1.82) is 0 Å². The monoisotopic (exact) mass is 277 g/mol. The van der Waals surface area contributed by atoms with Crippen molar-refractivity contribution in [2.75, 3.05) is 0 Å². The third-order valence-electron chi connectivity index (χ3n) is 2.77. The van der Waals surface area contributed by atoms with Gasteiger partial charge in [-0.2, -0.15) is 8.42 Å². The van der Waals surface area contributed by atoms with Gasteiger partial charge in [0.05, 0.1) is 5.56 Å². The topological polar surface area (TPSA) is 63.2 Å². The van der Waals surface area contributed by atoms with E-state index in [0.717, 1.165) is 43.1 Å². The first-order chi connectivity index (χ1) is 7.97. The van der Waals surface area contributed by atoms with Gasteiger partial charge in [-0.3, -0.25) is 4.79 Å². The van der Waals surface area contributed by atoms with Gasteiger partial charge in [0.15, 0.2) is 4.21 Å². The minimum Gasteiger partial charge on any atom is -0.349 e. The average Bonchev–Trinajstić information content (AvgIpc) is 2.85. The van der Waals surface area contributed by atoms with Crippen LogP contribution in [0.4, 0.5) is 3.89 Å². The molecule has 7 heteroatoms. The highest BCUT2D eigenvalue weighted by Gasteiger charge is 2.21. The van der Waals surface area contributed by atoms with Gasteiger partial charge >= 0.3 is 10.2 Å². The number of carbonyl (C=O) groups is 1. The summed E-state index contributed by atoms with van der Waals surface area (Å²) < 4.78 is 33.5. The summed E-state index contributed by atoms with van der Waals surface area (Å²) in [5.41, 5.74) is 0.207. The molecule has 2 rings (SSSR count). The van der Waals surface area contributed by atoms with Gasteiger partial charge in [-0.05, 0) is 18.9 Å². The zero-order valence-corrected chi connectivity index (χ0v) is 10.6. The van der Waals surface area contributed by atoms with E-state index in [-0.39, 0.29) is 17.5 Å². The van der Waals surface area contributed by atoms with Crippen molar-refractivity contribution in [2.45, 2.75) is 35.9 Å². The zero-order chi connectivity index (χ0) is 12.5. The van der Waals surface area contributed by atoms with E-state index in [0.29, 0.717) is 0 Å². The average molecular weight is 277 g/mol. The minimum absolute atomic E-state index is 0.160. The molecule has 4 nitrogen and oxygen atoms in total. The first kappa shape index (κ1) is 12.5. The van der Waals surface area contributed by atoms with Crippen LogP contribution >= 0.6 is 11.3 Å². The summed E-state index contributed by atoms with van der Waals surface area (Å²) >= 11 is 0.719. The van der Waals surface area contributed by atoms with Crippen LogP contribution in [0, 0.1) is 0 Å². The predicted molar refractivity (Wildman–Crippen MR) is 62.3 cm³/mol. The van der Waals surface area contributed by atoms with Crippen molar-refractivity contribution in [3.63, 3.8) is 0 Å². The quantitative estimate of drug-likeness (QED) is 0.860. The van der Waals surface area contributed by atoms with Crippen molar-refractivity contribution in [2.24, 2.45) is 0 Å². The third-order valence-corrected chi connectivity index (χ3v) is 4.97. The van der Waals surface area contributed by atoms with E-state index in [1.54, 1.807) is 0 Å². The molecule has 1 fully saturated rings. The molecule has 0 spiro atoms. The standard InChI is InChI=1S/C10H12FNO3S2/c11-17(14,15)9-5-7(6-16-9)10(13)12-8-3-1-2-4-8/h5-6,8H,1-4H2,(H,12,13). The fourth-order valence-corrected chi connectivity index (χ4v) is 3.39. The first-order valence-corrected chi connectivity index (χ1v) is 7.57. The fourth-order valence-electron chi connectivity index (χ4n) is 1.90. The summed E-state index contributed by atoms with van der Waals surface area (Å²) in [4.78, 5) is 11.7. The van der Waals surface area contributed by atoms with Crippen molar-refractivity contribution >= 4 is 27.5 Å². The second-order valence-corrected chi connectivity index (χ2v) is 6.53. The number of rotatable bonds is 3. The van der Waals surface area contributed by atoms with Crippen molar-refractivity contribution < 1.29 is 17.1 Å². The molecule has 94 valence electrons. The largest absolute Gasteiger partial charge is 0.349 e. The molecule has 1 aromatic heterocycles. The van der Waals surface area contributed by atoms with Crippen molar-refractivity contribution in [3.05, 3.63) is 17.0 Å². The molecule has 0 saturated heterocycles. The van der Waals surface area contributed by atoms with Crippen molar-refractivity contribution in [1.82, 2.24) is 5.32 Å². The highest BCUT2D eigenvalue weighted by molar-refractivity contribution is 7.88. The van der Waals surface area contributed by atoms with Crippen LogP contribution in [0.1, 0.15) is 36.0 Å². The van der Waals surface area contributed by atoms with Crippen LogP contribution in [-0.2, 0) is 10.2 Å². The lowest BCUT2D eigenvalue weighted by atomic mass is 10.2. The molecule has 0 atom stereocenters. The van der Waals surface area contributed by atoms with E-state index in [9.17, 15) is 17.1 Å². The Kier molecular flexibility index (Phi) is 3.48. The second kappa shape index (κ2) is 4.73. The van der Waals surface area contributed by atoms with Gasteiger partial charge in [-0.15, -0.1) is 11.3 Å².